The highest BCUT2D eigenvalue weighted by molar-refractivity contribution is 5.70. The number of ether oxygens (including phenoxy) is 4. The Hall–Kier alpha value is -4.24. The molecule has 42 heavy (non-hydrogen) atoms. The molecule has 1 saturated heterocycles. The lowest BCUT2D eigenvalue weighted by Crippen LogP contribution is -2.50. The summed E-state index contributed by atoms with van der Waals surface area (Å²) in [5.41, 5.74) is 5.15. The molecule has 3 aliphatic rings. The molecule has 1 aliphatic carbocycles. The van der Waals surface area contributed by atoms with E-state index in [4.69, 9.17) is 24.7 Å². The lowest BCUT2D eigenvalue weighted by molar-refractivity contribution is 0.0224. The van der Waals surface area contributed by atoms with E-state index in [1.807, 2.05) is 6.92 Å². The second-order valence-electron chi connectivity index (χ2n) is 11.5. The van der Waals surface area contributed by atoms with Crippen LogP contribution in [-0.4, -0.2) is 80.6 Å². The first-order valence-corrected chi connectivity index (χ1v) is 14.2. The molecule has 0 saturated carbocycles. The first-order chi connectivity index (χ1) is 20.1. The van der Waals surface area contributed by atoms with E-state index in [0.717, 1.165) is 19.6 Å². The summed E-state index contributed by atoms with van der Waals surface area (Å²) in [7, 11) is 0. The molecule has 1 fully saturated rings. The van der Waals surface area contributed by atoms with Crippen molar-refractivity contribution in [2.24, 2.45) is 17.1 Å². The van der Waals surface area contributed by atoms with Gasteiger partial charge in [-0.25, -0.2) is 4.79 Å². The minimum Gasteiger partial charge on any atom is -0.490 e. The molecule has 11 heteroatoms. The number of nitrogens with zero attached hydrogens (tertiary/aromatic N) is 5. The van der Waals surface area contributed by atoms with Gasteiger partial charge in [-0.05, 0) is 51.0 Å². The van der Waals surface area contributed by atoms with Gasteiger partial charge in [0.15, 0.2) is 16.9 Å². The van der Waals surface area contributed by atoms with Crippen molar-refractivity contribution >= 4 is 6.09 Å². The molecular weight excluding hydrogens is 536 g/mol. The number of morpholine rings is 1. The number of carbonyl (C=O) groups is 1. The molecule has 0 radical (unpaired) electrons. The number of allylic oxidation sites excluding steroid dienone is 2. The lowest BCUT2D eigenvalue weighted by atomic mass is 9.58. The maximum atomic E-state index is 13.0. The Bertz CT molecular complexity index is 1360. The van der Waals surface area contributed by atoms with Crippen LogP contribution in [0.4, 0.5) is 4.79 Å². The first kappa shape index (κ1) is 30.7. The molecule has 2 heterocycles. The second kappa shape index (κ2) is 12.7. The van der Waals surface area contributed by atoms with Gasteiger partial charge >= 0.3 is 6.09 Å². The zero-order valence-corrected chi connectivity index (χ0v) is 24.7. The van der Waals surface area contributed by atoms with Gasteiger partial charge in [-0.1, -0.05) is 12.1 Å². The van der Waals surface area contributed by atoms with E-state index >= 15 is 0 Å². The van der Waals surface area contributed by atoms with Crippen LogP contribution < -0.4 is 15.2 Å². The lowest BCUT2D eigenvalue weighted by Gasteiger charge is -2.45. The molecule has 2 unspecified atom stereocenters. The van der Waals surface area contributed by atoms with Crippen molar-refractivity contribution in [3.8, 4) is 29.7 Å². The molecule has 1 aromatic rings. The molecular formula is C31H38N6O5. The molecule has 4 rings (SSSR count). The van der Waals surface area contributed by atoms with Crippen LogP contribution in [0.3, 0.4) is 0 Å². The van der Waals surface area contributed by atoms with Gasteiger partial charge in [0.05, 0.1) is 43.2 Å². The van der Waals surface area contributed by atoms with E-state index in [-0.39, 0.29) is 24.4 Å². The maximum absolute atomic E-state index is 13.0. The van der Waals surface area contributed by atoms with E-state index in [9.17, 15) is 20.6 Å². The van der Waals surface area contributed by atoms with Crippen LogP contribution in [0.25, 0.3) is 0 Å². The van der Waals surface area contributed by atoms with Crippen molar-refractivity contribution < 1.29 is 23.7 Å². The third-order valence-electron chi connectivity index (χ3n) is 7.71. The average Bonchev–Trinajstić information content (AvgIpc) is 2.97. The predicted octanol–water partition coefficient (Wildman–Crippen LogP) is 3.46. The summed E-state index contributed by atoms with van der Waals surface area (Å²) in [6.07, 6.45) is 1.25. The summed E-state index contributed by atoms with van der Waals surface area (Å²) in [6, 6.07) is 11.7. The summed E-state index contributed by atoms with van der Waals surface area (Å²) in [5.74, 6) is -0.362. The summed E-state index contributed by atoms with van der Waals surface area (Å²) >= 11 is 0. The van der Waals surface area contributed by atoms with E-state index in [0.29, 0.717) is 49.1 Å². The van der Waals surface area contributed by atoms with E-state index in [2.05, 4.69) is 23.1 Å². The van der Waals surface area contributed by atoms with Crippen LogP contribution in [0.1, 0.15) is 39.2 Å². The zero-order chi connectivity index (χ0) is 30.5. The van der Waals surface area contributed by atoms with Gasteiger partial charge in [-0.3, -0.25) is 4.90 Å². The number of nitriles is 3. The molecule has 0 aromatic heterocycles. The largest absolute Gasteiger partial charge is 0.490 e. The van der Waals surface area contributed by atoms with Crippen LogP contribution in [-0.2, 0) is 9.47 Å². The van der Waals surface area contributed by atoms with Crippen LogP contribution in [0.15, 0.2) is 41.1 Å². The topological polar surface area (TPSA) is 158 Å². The average molecular weight is 575 g/mol. The summed E-state index contributed by atoms with van der Waals surface area (Å²) in [5, 5.41) is 30.9. The number of hydrogen-bond acceptors (Lipinski definition) is 10. The highest BCUT2D eigenvalue weighted by Crippen LogP contribution is 2.55. The predicted molar refractivity (Wildman–Crippen MR) is 153 cm³/mol. The Morgan fingerprint density at radius 2 is 1.86 bits per heavy atom. The number of rotatable bonds is 7. The minimum atomic E-state index is -1.85. The smallest absolute Gasteiger partial charge is 0.410 e. The molecule has 0 spiro atoms. The van der Waals surface area contributed by atoms with Gasteiger partial charge in [0.2, 0.25) is 0 Å². The highest BCUT2D eigenvalue weighted by Gasteiger charge is 2.55. The van der Waals surface area contributed by atoms with Crippen LogP contribution in [0.5, 0.6) is 11.5 Å². The Balaban J connectivity index is 1.73. The van der Waals surface area contributed by atoms with Crippen molar-refractivity contribution in [3.05, 3.63) is 46.7 Å². The van der Waals surface area contributed by atoms with Gasteiger partial charge < -0.3 is 29.6 Å². The van der Waals surface area contributed by atoms with Crippen molar-refractivity contribution in [1.29, 1.82) is 15.8 Å². The minimum absolute atomic E-state index is 0.0861. The number of carbonyl (C=O) groups excluding carboxylic acids is 1. The molecule has 222 valence electrons. The Morgan fingerprint density at radius 3 is 2.48 bits per heavy atom. The van der Waals surface area contributed by atoms with Crippen molar-refractivity contribution in [2.45, 2.75) is 39.2 Å². The van der Waals surface area contributed by atoms with Crippen LogP contribution in [0, 0.1) is 45.3 Å². The van der Waals surface area contributed by atoms with Crippen molar-refractivity contribution in [3.63, 3.8) is 0 Å². The zero-order valence-electron chi connectivity index (χ0n) is 24.7. The number of hydrogen-bond donors (Lipinski definition) is 1. The number of fused-ring (bicyclic) bond motifs is 1. The fourth-order valence-electron chi connectivity index (χ4n) is 5.75. The van der Waals surface area contributed by atoms with Gasteiger partial charge in [0, 0.05) is 44.6 Å². The summed E-state index contributed by atoms with van der Waals surface area (Å²) in [6.45, 7) is 12.2. The number of amides is 1. The van der Waals surface area contributed by atoms with E-state index in [1.165, 1.54) is 4.90 Å². The van der Waals surface area contributed by atoms with Crippen molar-refractivity contribution in [2.75, 3.05) is 59.2 Å². The van der Waals surface area contributed by atoms with Gasteiger partial charge in [0.1, 0.15) is 18.3 Å². The van der Waals surface area contributed by atoms with E-state index < -0.39 is 28.9 Å². The normalized spacial score (nSPS) is 22.1. The van der Waals surface area contributed by atoms with Gasteiger partial charge in [-0.2, -0.15) is 15.8 Å². The Morgan fingerprint density at radius 1 is 1.14 bits per heavy atom. The number of benzene rings is 1. The van der Waals surface area contributed by atoms with E-state index in [1.54, 1.807) is 45.0 Å². The summed E-state index contributed by atoms with van der Waals surface area (Å²) in [4.78, 5) is 16.8. The SMILES string of the molecule is CCOc1cc(C2C3CN(C(=O)OC(C)(C)C)CC=C3C(C#N)=C(N)C2(C#N)C#N)ccc1OCCN1CCOCC1. The molecule has 1 amide bonds. The molecule has 2 aliphatic heterocycles. The molecule has 1 aromatic carbocycles. The Labute approximate surface area is 247 Å². The summed E-state index contributed by atoms with van der Waals surface area (Å²) < 4.78 is 23.1. The number of nitrogens with two attached hydrogens (primary N) is 1. The fourth-order valence-corrected chi connectivity index (χ4v) is 5.75. The molecule has 2 atom stereocenters. The second-order valence-corrected chi connectivity index (χ2v) is 11.5. The third-order valence-corrected chi connectivity index (χ3v) is 7.71. The molecule has 2 N–H and O–H groups in total. The Kier molecular flexibility index (Phi) is 9.31. The van der Waals surface area contributed by atoms with Crippen LogP contribution in [0.2, 0.25) is 0 Å². The highest BCUT2D eigenvalue weighted by atomic mass is 16.6. The maximum Gasteiger partial charge on any atom is 0.410 e. The monoisotopic (exact) mass is 574 g/mol. The fraction of sp³-hybridized carbons (Fsp3) is 0.548. The van der Waals surface area contributed by atoms with Gasteiger partial charge in [0.25, 0.3) is 0 Å². The van der Waals surface area contributed by atoms with Crippen LogP contribution >= 0.6 is 0 Å². The first-order valence-electron chi connectivity index (χ1n) is 14.2. The standard InChI is InChI=1S/C31H38N6O5/c1-5-40-26-16-21(6-7-25(26)41-15-12-36-10-13-39-14-11-36)27-24-18-37(29(38)42-30(2,3)4)9-8-22(24)23(17-32)28(35)31(27,19-33)20-34/h6-8,16,24,27H,5,9-15,18,35H2,1-4H3. The molecule has 11 nitrogen and oxygen atoms in total. The molecule has 0 bridgehead atoms. The van der Waals surface area contributed by atoms with Crippen molar-refractivity contribution in [1.82, 2.24) is 9.80 Å². The third kappa shape index (κ3) is 6.16. The van der Waals surface area contributed by atoms with Gasteiger partial charge in [-0.15, -0.1) is 0 Å². The quantitative estimate of drug-likeness (QED) is 0.511.